The Morgan fingerprint density at radius 3 is 2.38 bits per heavy atom. The summed E-state index contributed by atoms with van der Waals surface area (Å²) in [4.78, 5) is 49.9. The maximum atomic E-state index is 12.5. The molecule has 122 valence electrons. The number of halogens is 2. The molecule has 0 unspecified atom stereocenters. The topological polar surface area (TPSA) is 83.6 Å². The first-order chi connectivity index (χ1) is 11.3. The van der Waals surface area contributed by atoms with Gasteiger partial charge in [0.25, 0.3) is 17.7 Å². The van der Waals surface area contributed by atoms with Gasteiger partial charge in [-0.05, 0) is 28.1 Å². The second-order valence-electron chi connectivity index (χ2n) is 5.22. The number of carbonyl (C=O) groups excluding carboxylic acids is 4. The Morgan fingerprint density at radius 1 is 1.12 bits per heavy atom. The number of hydrogen-bond donors (Lipinski definition) is 1. The molecular weight excluding hydrogens is 444 g/mol. The molecule has 0 aromatic heterocycles. The van der Waals surface area contributed by atoms with Crippen LogP contribution in [0.2, 0.25) is 0 Å². The fourth-order valence-electron chi connectivity index (χ4n) is 2.84. The van der Waals surface area contributed by atoms with Gasteiger partial charge in [-0.15, -0.1) is 0 Å². The van der Waals surface area contributed by atoms with Crippen molar-refractivity contribution in [3.05, 3.63) is 43.3 Å². The summed E-state index contributed by atoms with van der Waals surface area (Å²) in [6.07, 6.45) is 0.598. The predicted octanol–water partition coefficient (Wildman–Crippen LogP) is 2.76. The van der Waals surface area contributed by atoms with Gasteiger partial charge in [0.2, 0.25) is 0 Å². The van der Waals surface area contributed by atoms with Crippen molar-refractivity contribution in [2.24, 2.45) is 0 Å². The average Bonchev–Trinajstić information content (AvgIpc) is 2.57. The fraction of sp³-hybridized carbons (Fsp3) is 0.125. The van der Waals surface area contributed by atoms with Crippen molar-refractivity contribution in [3.63, 3.8) is 0 Å². The third-order valence-electron chi connectivity index (χ3n) is 3.99. The Morgan fingerprint density at radius 2 is 1.79 bits per heavy atom. The van der Waals surface area contributed by atoms with Gasteiger partial charge in [0.05, 0.1) is 5.56 Å². The van der Waals surface area contributed by atoms with E-state index in [-0.39, 0.29) is 27.6 Å². The van der Waals surface area contributed by atoms with Crippen LogP contribution in [0.3, 0.4) is 0 Å². The van der Waals surface area contributed by atoms with Crippen molar-refractivity contribution in [2.45, 2.75) is 0 Å². The smallest absolute Gasteiger partial charge is 0.262 e. The number of carbonyl (C=O) groups is 4. The lowest BCUT2D eigenvalue weighted by Crippen LogP contribution is -2.37. The fourth-order valence-corrected chi connectivity index (χ4v) is 3.96. The van der Waals surface area contributed by atoms with E-state index >= 15 is 0 Å². The Kier molecular flexibility index (Phi) is 4.05. The molecule has 0 aliphatic carbocycles. The van der Waals surface area contributed by atoms with Crippen molar-refractivity contribution in [1.29, 1.82) is 0 Å². The second kappa shape index (κ2) is 5.78. The van der Waals surface area contributed by atoms with Crippen molar-refractivity contribution in [3.8, 4) is 0 Å². The Bertz CT molecular complexity index is 963. The molecule has 0 atom stereocenters. The number of benzene rings is 2. The van der Waals surface area contributed by atoms with Gasteiger partial charge in [0, 0.05) is 50.5 Å². The molecule has 1 N–H and O–H groups in total. The molecule has 8 heteroatoms. The van der Waals surface area contributed by atoms with Crippen molar-refractivity contribution in [1.82, 2.24) is 10.2 Å². The van der Waals surface area contributed by atoms with Gasteiger partial charge in [0.1, 0.15) is 0 Å². The molecule has 1 heterocycles. The van der Waals surface area contributed by atoms with Gasteiger partial charge in [-0.3, -0.25) is 24.1 Å². The van der Waals surface area contributed by atoms with Crippen LogP contribution < -0.4 is 5.32 Å². The number of amides is 3. The first-order valence-corrected chi connectivity index (χ1v) is 8.40. The summed E-state index contributed by atoms with van der Waals surface area (Å²) in [5.41, 5.74) is 0.931. The highest BCUT2D eigenvalue weighted by molar-refractivity contribution is 9.10. The quantitative estimate of drug-likeness (QED) is 0.559. The first-order valence-electron chi connectivity index (χ1n) is 6.81. The minimum atomic E-state index is -0.494. The molecule has 0 saturated heterocycles. The lowest BCUT2D eigenvalue weighted by Gasteiger charge is -2.26. The zero-order valence-electron chi connectivity index (χ0n) is 12.6. The summed E-state index contributed by atoms with van der Waals surface area (Å²) in [6, 6.07) is 2.99. The van der Waals surface area contributed by atoms with E-state index in [2.05, 4.69) is 37.2 Å². The monoisotopic (exact) mass is 452 g/mol. The molecule has 0 saturated carbocycles. The largest absolute Gasteiger partial charge is 0.355 e. The number of imide groups is 1. The highest BCUT2D eigenvalue weighted by Gasteiger charge is 2.35. The van der Waals surface area contributed by atoms with E-state index in [4.69, 9.17) is 0 Å². The molecule has 0 radical (unpaired) electrons. The zero-order valence-corrected chi connectivity index (χ0v) is 15.7. The number of rotatable bonds is 2. The Hall–Kier alpha value is -2.06. The van der Waals surface area contributed by atoms with Gasteiger partial charge in [-0.2, -0.15) is 0 Å². The standard InChI is InChI=1S/C16H10Br2N2O4/c1-19-14(22)6-3-10(18)13-12-7(15(23)20(2)16(13)24)4-9(17)8(5-21)11(6)12/h3-5H,1-2H3,(H,19,22). The molecule has 0 spiro atoms. The van der Waals surface area contributed by atoms with Crippen LogP contribution in [0.1, 0.15) is 41.4 Å². The van der Waals surface area contributed by atoms with E-state index < -0.39 is 17.7 Å². The summed E-state index contributed by atoms with van der Waals surface area (Å²) in [7, 11) is 2.85. The average molecular weight is 454 g/mol. The first kappa shape index (κ1) is 16.8. The normalized spacial score (nSPS) is 13.4. The summed E-state index contributed by atoms with van der Waals surface area (Å²) < 4.78 is 0.771. The molecule has 0 bridgehead atoms. The summed E-state index contributed by atoms with van der Waals surface area (Å²) >= 11 is 6.58. The van der Waals surface area contributed by atoms with Crippen LogP contribution in [0.25, 0.3) is 10.8 Å². The van der Waals surface area contributed by atoms with Crippen LogP contribution in [-0.2, 0) is 0 Å². The third-order valence-corrected chi connectivity index (χ3v) is 5.27. The maximum Gasteiger partial charge on any atom is 0.262 e. The molecule has 24 heavy (non-hydrogen) atoms. The number of hydrogen-bond acceptors (Lipinski definition) is 4. The second-order valence-corrected chi connectivity index (χ2v) is 6.93. The Labute approximate surface area is 153 Å². The molecule has 2 aromatic carbocycles. The lowest BCUT2D eigenvalue weighted by molar-refractivity contribution is 0.0649. The molecule has 3 amide bonds. The summed E-state index contributed by atoms with van der Waals surface area (Å²) in [5.74, 6) is -1.41. The minimum absolute atomic E-state index is 0.206. The molecule has 6 nitrogen and oxygen atoms in total. The van der Waals surface area contributed by atoms with Gasteiger partial charge >= 0.3 is 0 Å². The third kappa shape index (κ3) is 2.13. The van der Waals surface area contributed by atoms with Gasteiger partial charge in [-0.25, -0.2) is 0 Å². The van der Waals surface area contributed by atoms with Crippen molar-refractivity contribution >= 4 is 66.6 Å². The minimum Gasteiger partial charge on any atom is -0.355 e. The van der Waals surface area contributed by atoms with Crippen LogP contribution in [0.5, 0.6) is 0 Å². The van der Waals surface area contributed by atoms with E-state index in [1.54, 1.807) is 0 Å². The number of aldehydes is 1. The Balaban J connectivity index is 2.65. The summed E-state index contributed by atoms with van der Waals surface area (Å²) in [6.45, 7) is 0. The van der Waals surface area contributed by atoms with Crippen LogP contribution >= 0.6 is 31.9 Å². The molecular formula is C16H10Br2N2O4. The van der Waals surface area contributed by atoms with E-state index in [1.807, 2.05) is 0 Å². The molecule has 2 aromatic rings. The van der Waals surface area contributed by atoms with E-state index in [9.17, 15) is 19.2 Å². The zero-order chi connectivity index (χ0) is 17.8. The van der Waals surface area contributed by atoms with Gasteiger partial charge < -0.3 is 5.32 Å². The maximum absolute atomic E-state index is 12.5. The number of nitrogens with zero attached hydrogens (tertiary/aromatic N) is 1. The van der Waals surface area contributed by atoms with E-state index in [0.29, 0.717) is 20.6 Å². The van der Waals surface area contributed by atoms with E-state index in [0.717, 1.165) is 4.90 Å². The van der Waals surface area contributed by atoms with Crippen LogP contribution in [-0.4, -0.2) is 43.0 Å². The highest BCUT2D eigenvalue weighted by atomic mass is 79.9. The SMILES string of the molecule is CNC(=O)c1cc(Br)c2c3c(cc(Br)c(C=O)c13)C(=O)N(C)C2=O. The number of nitrogens with one attached hydrogen (secondary N) is 1. The predicted molar refractivity (Wildman–Crippen MR) is 94.5 cm³/mol. The highest BCUT2D eigenvalue weighted by Crippen LogP contribution is 2.40. The van der Waals surface area contributed by atoms with Crippen LogP contribution in [0.15, 0.2) is 21.1 Å². The van der Waals surface area contributed by atoms with Crippen LogP contribution in [0.4, 0.5) is 0 Å². The van der Waals surface area contributed by atoms with Crippen molar-refractivity contribution in [2.75, 3.05) is 14.1 Å². The van der Waals surface area contributed by atoms with Crippen LogP contribution in [0, 0.1) is 0 Å². The molecule has 1 aliphatic rings. The van der Waals surface area contributed by atoms with E-state index in [1.165, 1.54) is 26.2 Å². The van der Waals surface area contributed by atoms with Gasteiger partial charge in [-0.1, -0.05) is 15.9 Å². The molecule has 1 aliphatic heterocycles. The summed E-state index contributed by atoms with van der Waals surface area (Å²) in [5, 5.41) is 3.09. The van der Waals surface area contributed by atoms with Gasteiger partial charge in [0.15, 0.2) is 6.29 Å². The van der Waals surface area contributed by atoms with Crippen molar-refractivity contribution < 1.29 is 19.2 Å². The molecule has 3 rings (SSSR count). The molecule has 0 fully saturated rings. The lowest BCUT2D eigenvalue weighted by atomic mass is 9.88.